The van der Waals surface area contributed by atoms with Crippen molar-refractivity contribution in [2.75, 3.05) is 0 Å². The summed E-state index contributed by atoms with van der Waals surface area (Å²) in [4.78, 5) is 20.7. The molecule has 4 rings (SSSR count). The van der Waals surface area contributed by atoms with Crippen LogP contribution in [0.5, 0.6) is 11.5 Å². The Bertz CT molecular complexity index is 1160. The Morgan fingerprint density at radius 2 is 1.86 bits per heavy atom. The van der Waals surface area contributed by atoms with Gasteiger partial charge < -0.3 is 4.74 Å². The number of fused-ring (bicyclic) bond motifs is 1. The number of hydrogen-bond donors (Lipinski definition) is 0. The van der Waals surface area contributed by atoms with Gasteiger partial charge in [-0.2, -0.15) is 0 Å². The van der Waals surface area contributed by atoms with Gasteiger partial charge in [-0.3, -0.25) is 14.8 Å². The van der Waals surface area contributed by atoms with E-state index in [2.05, 4.69) is 9.97 Å². The van der Waals surface area contributed by atoms with Gasteiger partial charge in [-0.15, -0.1) is 0 Å². The lowest BCUT2D eigenvalue weighted by molar-refractivity contribution is 0.104. The molecule has 0 unspecified atom stereocenters. The minimum atomic E-state index is -0.0839. The van der Waals surface area contributed by atoms with Gasteiger partial charge in [0.05, 0.1) is 5.52 Å². The predicted octanol–water partition coefficient (Wildman–Crippen LogP) is 5.97. The van der Waals surface area contributed by atoms with Crippen LogP contribution in [0.25, 0.3) is 17.0 Å². The second-order valence-electron chi connectivity index (χ2n) is 6.08. The quantitative estimate of drug-likeness (QED) is 0.313. The number of ketones is 1. The first kappa shape index (κ1) is 17.9. The zero-order valence-corrected chi connectivity index (χ0v) is 15.5. The summed E-state index contributed by atoms with van der Waals surface area (Å²) >= 11 is 6.02. The first-order chi connectivity index (χ1) is 13.7. The Balaban J connectivity index is 1.51. The SMILES string of the molecule is O=C(/C=C/c1cccnc1)c1ccc(Oc2ccnc3cc(Cl)ccc23)cc1. The third kappa shape index (κ3) is 4.08. The summed E-state index contributed by atoms with van der Waals surface area (Å²) in [7, 11) is 0. The van der Waals surface area contributed by atoms with E-state index in [9.17, 15) is 4.79 Å². The summed E-state index contributed by atoms with van der Waals surface area (Å²) in [5.41, 5.74) is 2.22. The van der Waals surface area contributed by atoms with E-state index in [-0.39, 0.29) is 5.78 Å². The van der Waals surface area contributed by atoms with Gasteiger partial charge in [-0.05, 0) is 72.3 Å². The van der Waals surface area contributed by atoms with Gasteiger partial charge in [0.2, 0.25) is 0 Å². The van der Waals surface area contributed by atoms with Gasteiger partial charge in [-0.1, -0.05) is 17.7 Å². The minimum Gasteiger partial charge on any atom is -0.457 e. The average molecular weight is 387 g/mol. The van der Waals surface area contributed by atoms with Crippen LogP contribution in [0, 0.1) is 0 Å². The standard InChI is InChI=1S/C23H15ClN2O2/c24-18-6-9-20-21(14-18)26-13-11-23(20)28-19-7-4-17(5-8-19)22(27)10-3-16-2-1-12-25-15-16/h1-15H/b10-3+. The predicted molar refractivity (Wildman–Crippen MR) is 111 cm³/mol. The normalized spacial score (nSPS) is 11.0. The number of pyridine rings is 2. The molecular weight excluding hydrogens is 372 g/mol. The topological polar surface area (TPSA) is 52.1 Å². The lowest BCUT2D eigenvalue weighted by Crippen LogP contribution is -1.94. The van der Waals surface area contributed by atoms with E-state index in [1.54, 1.807) is 67.1 Å². The van der Waals surface area contributed by atoms with E-state index in [1.165, 1.54) is 6.08 Å². The minimum absolute atomic E-state index is 0.0839. The molecule has 0 bridgehead atoms. The molecular formula is C23H15ClN2O2. The molecule has 2 heterocycles. The van der Waals surface area contributed by atoms with E-state index in [1.807, 2.05) is 18.2 Å². The second-order valence-corrected chi connectivity index (χ2v) is 6.52. The Hall–Kier alpha value is -3.50. The van der Waals surface area contributed by atoms with Gasteiger partial charge >= 0.3 is 0 Å². The summed E-state index contributed by atoms with van der Waals surface area (Å²) in [6.45, 7) is 0. The van der Waals surface area contributed by atoms with Crippen molar-refractivity contribution < 1.29 is 9.53 Å². The van der Waals surface area contributed by atoms with Crippen LogP contribution < -0.4 is 4.74 Å². The Kier molecular flexibility index (Phi) is 5.13. The molecule has 28 heavy (non-hydrogen) atoms. The number of ether oxygens (including phenoxy) is 1. The summed E-state index contributed by atoms with van der Waals surface area (Å²) in [6, 6.07) is 18.0. The van der Waals surface area contributed by atoms with Gasteiger partial charge in [0.25, 0.3) is 0 Å². The lowest BCUT2D eigenvalue weighted by atomic mass is 10.1. The van der Waals surface area contributed by atoms with Crippen molar-refractivity contribution >= 4 is 34.4 Å². The molecule has 0 N–H and O–H groups in total. The van der Waals surface area contributed by atoms with Crippen LogP contribution in [0.1, 0.15) is 15.9 Å². The maximum atomic E-state index is 12.3. The number of hydrogen-bond acceptors (Lipinski definition) is 4. The molecule has 0 atom stereocenters. The van der Waals surface area contributed by atoms with E-state index < -0.39 is 0 Å². The third-order valence-corrected chi connectivity index (χ3v) is 4.38. The number of benzene rings is 2. The van der Waals surface area contributed by atoms with Crippen LogP contribution in [-0.2, 0) is 0 Å². The summed E-state index contributed by atoms with van der Waals surface area (Å²) < 4.78 is 5.97. The van der Waals surface area contributed by atoms with Crippen molar-refractivity contribution in [1.29, 1.82) is 0 Å². The Morgan fingerprint density at radius 3 is 2.64 bits per heavy atom. The van der Waals surface area contributed by atoms with E-state index >= 15 is 0 Å². The molecule has 0 aliphatic heterocycles. The zero-order valence-electron chi connectivity index (χ0n) is 14.7. The van der Waals surface area contributed by atoms with Gasteiger partial charge in [-0.25, -0.2) is 0 Å². The number of carbonyl (C=O) groups excluding carboxylic acids is 1. The molecule has 0 saturated carbocycles. The fourth-order valence-electron chi connectivity index (χ4n) is 2.74. The number of allylic oxidation sites excluding steroid dienone is 1. The van der Waals surface area contributed by atoms with E-state index in [4.69, 9.17) is 16.3 Å². The van der Waals surface area contributed by atoms with Crippen LogP contribution >= 0.6 is 11.6 Å². The smallest absolute Gasteiger partial charge is 0.185 e. The molecule has 2 aromatic heterocycles. The maximum Gasteiger partial charge on any atom is 0.185 e. The zero-order chi connectivity index (χ0) is 19.3. The molecule has 4 nitrogen and oxygen atoms in total. The number of carbonyl (C=O) groups is 1. The fraction of sp³-hybridized carbons (Fsp3) is 0. The van der Waals surface area contributed by atoms with Crippen LogP contribution in [0.4, 0.5) is 0 Å². The van der Waals surface area contributed by atoms with Gasteiger partial charge in [0.15, 0.2) is 5.78 Å². The highest BCUT2D eigenvalue weighted by molar-refractivity contribution is 6.31. The van der Waals surface area contributed by atoms with Crippen LogP contribution in [-0.4, -0.2) is 15.8 Å². The second kappa shape index (κ2) is 8.03. The van der Waals surface area contributed by atoms with Crippen molar-refractivity contribution in [3.63, 3.8) is 0 Å². The number of nitrogens with zero attached hydrogens (tertiary/aromatic N) is 2. The fourth-order valence-corrected chi connectivity index (χ4v) is 2.91. The third-order valence-electron chi connectivity index (χ3n) is 4.14. The molecule has 0 aliphatic carbocycles. The number of rotatable bonds is 5. The van der Waals surface area contributed by atoms with Crippen molar-refractivity contribution in [3.8, 4) is 11.5 Å². The summed E-state index contributed by atoms with van der Waals surface area (Å²) in [5, 5.41) is 1.49. The van der Waals surface area contributed by atoms with Gasteiger partial charge in [0, 0.05) is 34.6 Å². The van der Waals surface area contributed by atoms with Crippen LogP contribution in [0.2, 0.25) is 5.02 Å². The van der Waals surface area contributed by atoms with Crippen molar-refractivity contribution in [2.24, 2.45) is 0 Å². The Labute approximate surface area is 167 Å². The molecule has 0 saturated heterocycles. The maximum absolute atomic E-state index is 12.3. The van der Waals surface area contributed by atoms with Gasteiger partial charge in [0.1, 0.15) is 11.5 Å². The summed E-state index contributed by atoms with van der Waals surface area (Å²) in [6.07, 6.45) is 8.35. The molecule has 2 aromatic carbocycles. The van der Waals surface area contributed by atoms with E-state index in [0.717, 1.165) is 16.5 Å². The van der Waals surface area contributed by atoms with Crippen molar-refractivity contribution in [1.82, 2.24) is 9.97 Å². The molecule has 4 aromatic rings. The number of halogens is 1. The molecule has 136 valence electrons. The Morgan fingerprint density at radius 1 is 1.00 bits per heavy atom. The molecule has 0 aliphatic rings. The first-order valence-corrected chi connectivity index (χ1v) is 9.01. The molecule has 0 fully saturated rings. The highest BCUT2D eigenvalue weighted by atomic mass is 35.5. The number of aromatic nitrogens is 2. The van der Waals surface area contributed by atoms with E-state index in [0.29, 0.717) is 22.1 Å². The average Bonchev–Trinajstić information content (AvgIpc) is 2.73. The monoisotopic (exact) mass is 386 g/mol. The largest absolute Gasteiger partial charge is 0.457 e. The van der Waals surface area contributed by atoms with Crippen LogP contribution in [0.15, 0.2) is 85.3 Å². The highest BCUT2D eigenvalue weighted by Gasteiger charge is 2.07. The summed E-state index contributed by atoms with van der Waals surface area (Å²) in [5.74, 6) is 1.23. The molecule has 0 radical (unpaired) electrons. The van der Waals surface area contributed by atoms with Crippen molar-refractivity contribution in [3.05, 3.63) is 101 Å². The highest BCUT2D eigenvalue weighted by Crippen LogP contribution is 2.30. The first-order valence-electron chi connectivity index (χ1n) is 8.64. The lowest BCUT2D eigenvalue weighted by Gasteiger charge is -2.09. The van der Waals surface area contributed by atoms with Crippen LogP contribution in [0.3, 0.4) is 0 Å². The molecule has 0 spiro atoms. The van der Waals surface area contributed by atoms with Crippen molar-refractivity contribution in [2.45, 2.75) is 0 Å². The molecule has 5 heteroatoms. The molecule has 0 amide bonds.